The highest BCUT2D eigenvalue weighted by molar-refractivity contribution is 7.18. The van der Waals surface area contributed by atoms with E-state index in [9.17, 15) is 14.3 Å². The van der Waals surface area contributed by atoms with Crippen LogP contribution in [0, 0.1) is 19.7 Å². The molecule has 2 N–H and O–H groups in total. The number of aromatic nitrogens is 2. The summed E-state index contributed by atoms with van der Waals surface area (Å²) in [5, 5.41) is 28.1. The Kier molecular flexibility index (Phi) is 8.49. The summed E-state index contributed by atoms with van der Waals surface area (Å²) in [6.45, 7) is 5.82. The van der Waals surface area contributed by atoms with E-state index in [1.165, 1.54) is 28.4 Å². The molecule has 0 fully saturated rings. The molecule has 1 atom stereocenters. The van der Waals surface area contributed by atoms with E-state index in [1.807, 2.05) is 32.9 Å². The maximum Gasteiger partial charge on any atom is 0.263 e. The quantitative estimate of drug-likeness (QED) is 0.460. The fraction of sp³-hybridized carbons (Fsp3) is 0.375. The highest BCUT2D eigenvalue weighted by Gasteiger charge is 2.24. The molecule has 1 unspecified atom stereocenters. The number of hydrogen-bond acceptors (Lipinski definition) is 7. The van der Waals surface area contributed by atoms with Gasteiger partial charge in [0.2, 0.25) is 5.13 Å². The minimum atomic E-state index is -0.949. The van der Waals surface area contributed by atoms with Crippen LogP contribution in [0.2, 0.25) is 0 Å². The number of carbonyl (C=O) groups is 1. The number of hydrogen-bond donors (Lipinski definition) is 2. The summed E-state index contributed by atoms with van der Waals surface area (Å²) in [5.41, 5.74) is 2.51. The summed E-state index contributed by atoms with van der Waals surface area (Å²) in [6, 6.07) is 9.71. The molecule has 33 heavy (non-hydrogen) atoms. The molecule has 1 aromatic heterocycles. The van der Waals surface area contributed by atoms with Crippen molar-refractivity contribution in [1.82, 2.24) is 10.2 Å². The average Bonchev–Trinajstić information content (AvgIpc) is 3.28. The van der Waals surface area contributed by atoms with Crippen LogP contribution < -0.4 is 9.64 Å². The first-order valence-electron chi connectivity index (χ1n) is 10.8. The van der Waals surface area contributed by atoms with Crippen LogP contribution in [-0.2, 0) is 0 Å². The van der Waals surface area contributed by atoms with Gasteiger partial charge in [0.15, 0.2) is 0 Å². The number of rotatable bonds is 10. The van der Waals surface area contributed by atoms with E-state index < -0.39 is 17.8 Å². The second kappa shape index (κ2) is 11.3. The van der Waals surface area contributed by atoms with Crippen LogP contribution in [0.5, 0.6) is 5.75 Å². The number of ether oxygens (including phenoxy) is 1. The van der Waals surface area contributed by atoms with E-state index in [4.69, 9.17) is 9.84 Å². The Balaban J connectivity index is 1.88. The lowest BCUT2D eigenvalue weighted by atomic mass is 10.1. The lowest BCUT2D eigenvalue weighted by Gasteiger charge is -2.19. The van der Waals surface area contributed by atoms with Gasteiger partial charge in [0.1, 0.15) is 29.3 Å². The van der Waals surface area contributed by atoms with Crippen molar-refractivity contribution in [2.45, 2.75) is 39.7 Å². The van der Waals surface area contributed by atoms with Crippen LogP contribution in [0.4, 0.5) is 9.52 Å². The zero-order valence-corrected chi connectivity index (χ0v) is 19.7. The van der Waals surface area contributed by atoms with Gasteiger partial charge in [-0.3, -0.25) is 9.69 Å². The second-order valence-corrected chi connectivity index (χ2v) is 8.72. The van der Waals surface area contributed by atoms with Gasteiger partial charge in [-0.1, -0.05) is 36.8 Å². The van der Waals surface area contributed by atoms with Gasteiger partial charge in [0.05, 0.1) is 12.2 Å². The van der Waals surface area contributed by atoms with Crippen molar-refractivity contribution in [3.05, 3.63) is 58.9 Å². The van der Waals surface area contributed by atoms with Gasteiger partial charge in [0.25, 0.3) is 5.91 Å². The topological polar surface area (TPSA) is 95.8 Å². The van der Waals surface area contributed by atoms with Gasteiger partial charge < -0.3 is 14.9 Å². The molecule has 7 nitrogen and oxygen atoms in total. The van der Waals surface area contributed by atoms with E-state index in [0.29, 0.717) is 22.4 Å². The molecule has 3 rings (SSSR count). The smallest absolute Gasteiger partial charge is 0.263 e. The van der Waals surface area contributed by atoms with Gasteiger partial charge in [-0.05, 0) is 55.7 Å². The summed E-state index contributed by atoms with van der Waals surface area (Å²) in [5.74, 6) is -0.375. The van der Waals surface area contributed by atoms with Crippen molar-refractivity contribution >= 4 is 22.4 Å². The number of aliphatic hydroxyl groups is 2. The third-order valence-corrected chi connectivity index (χ3v) is 6.06. The van der Waals surface area contributed by atoms with Gasteiger partial charge in [-0.2, -0.15) is 0 Å². The zero-order valence-electron chi connectivity index (χ0n) is 18.9. The molecule has 0 saturated heterocycles. The van der Waals surface area contributed by atoms with Crippen molar-refractivity contribution in [3.8, 4) is 16.3 Å². The van der Waals surface area contributed by atoms with Crippen molar-refractivity contribution < 1.29 is 24.1 Å². The normalized spacial score (nSPS) is 11.9. The third-order valence-electron chi connectivity index (χ3n) is 5.07. The van der Waals surface area contributed by atoms with E-state index >= 15 is 0 Å². The van der Waals surface area contributed by atoms with Crippen LogP contribution in [0.3, 0.4) is 0 Å². The molecular weight excluding hydrogens is 445 g/mol. The molecular formula is C24H28FN3O4S. The zero-order chi connectivity index (χ0) is 24.0. The molecule has 1 amide bonds. The lowest BCUT2D eigenvalue weighted by molar-refractivity contribution is 0.0532. The predicted molar refractivity (Wildman–Crippen MR) is 126 cm³/mol. The molecule has 176 valence electrons. The largest absolute Gasteiger partial charge is 0.490 e. The Morgan fingerprint density at radius 1 is 1.21 bits per heavy atom. The third kappa shape index (κ3) is 5.93. The first-order valence-corrected chi connectivity index (χ1v) is 11.6. The minimum Gasteiger partial charge on any atom is -0.490 e. The lowest BCUT2D eigenvalue weighted by Crippen LogP contribution is -2.32. The highest BCUT2D eigenvalue weighted by Crippen LogP contribution is 2.34. The maximum atomic E-state index is 14.2. The van der Waals surface area contributed by atoms with Crippen LogP contribution in [0.1, 0.15) is 41.3 Å². The Labute approximate surface area is 196 Å². The number of benzene rings is 2. The SMILES string of the molecule is CCCCN(C(=O)c1ccccc1F)c1nnc(-c2cc(C)c(OCC(O)CO)c(C)c2)s1. The standard InChI is InChI=1S/C24H28FN3O4S/c1-4-5-10-28(23(31)19-8-6-7-9-20(19)25)24-27-26-22(33-24)17-11-15(2)21(16(3)12-17)32-14-18(30)13-29/h6-9,11-12,18,29-30H,4-5,10,13-14H2,1-3H3. The summed E-state index contributed by atoms with van der Waals surface area (Å²) in [7, 11) is 0. The number of aliphatic hydroxyl groups excluding tert-OH is 2. The van der Waals surface area contributed by atoms with Gasteiger partial charge in [-0.25, -0.2) is 4.39 Å². The van der Waals surface area contributed by atoms with E-state index in [0.717, 1.165) is 29.5 Å². The average molecular weight is 474 g/mol. The van der Waals surface area contributed by atoms with E-state index in [2.05, 4.69) is 10.2 Å². The minimum absolute atomic E-state index is 0.00334. The van der Waals surface area contributed by atoms with Gasteiger partial charge in [0, 0.05) is 12.1 Å². The van der Waals surface area contributed by atoms with Gasteiger partial charge >= 0.3 is 0 Å². The summed E-state index contributed by atoms with van der Waals surface area (Å²) < 4.78 is 19.9. The number of aryl methyl sites for hydroxylation is 2. The number of unbranched alkanes of at least 4 members (excludes halogenated alkanes) is 1. The number of carbonyl (C=O) groups excluding carboxylic acids is 1. The molecule has 0 aliphatic heterocycles. The molecule has 0 bridgehead atoms. The molecule has 0 aliphatic carbocycles. The van der Waals surface area contributed by atoms with E-state index in [-0.39, 0.29) is 18.8 Å². The number of amides is 1. The molecule has 3 aromatic rings. The fourth-order valence-corrected chi connectivity index (χ4v) is 4.21. The summed E-state index contributed by atoms with van der Waals surface area (Å²) in [6.07, 6.45) is 0.673. The van der Waals surface area contributed by atoms with Crippen LogP contribution in [0.25, 0.3) is 10.6 Å². The fourth-order valence-electron chi connectivity index (χ4n) is 3.36. The number of nitrogens with zero attached hydrogens (tertiary/aromatic N) is 3. The van der Waals surface area contributed by atoms with E-state index in [1.54, 1.807) is 12.1 Å². The first kappa shape index (κ1) is 24.8. The highest BCUT2D eigenvalue weighted by atomic mass is 32.1. The molecule has 0 saturated carbocycles. The Bertz CT molecular complexity index is 1080. The molecule has 9 heteroatoms. The Morgan fingerprint density at radius 3 is 2.55 bits per heavy atom. The Morgan fingerprint density at radius 2 is 1.91 bits per heavy atom. The van der Waals surface area contributed by atoms with Crippen molar-refractivity contribution in [2.24, 2.45) is 0 Å². The van der Waals surface area contributed by atoms with Crippen LogP contribution in [-0.4, -0.2) is 52.2 Å². The number of halogens is 1. The molecule has 0 radical (unpaired) electrons. The van der Waals surface area contributed by atoms with Crippen LogP contribution >= 0.6 is 11.3 Å². The maximum absolute atomic E-state index is 14.2. The second-order valence-electron chi connectivity index (χ2n) is 7.77. The van der Waals surface area contributed by atoms with Crippen molar-refractivity contribution in [1.29, 1.82) is 0 Å². The molecule has 1 heterocycles. The molecule has 2 aromatic carbocycles. The first-order chi connectivity index (χ1) is 15.8. The molecule has 0 aliphatic rings. The Hall–Kier alpha value is -2.88. The van der Waals surface area contributed by atoms with Crippen LogP contribution in [0.15, 0.2) is 36.4 Å². The number of anilines is 1. The van der Waals surface area contributed by atoms with Gasteiger partial charge in [-0.15, -0.1) is 10.2 Å². The van der Waals surface area contributed by atoms with Crippen molar-refractivity contribution in [2.75, 3.05) is 24.7 Å². The summed E-state index contributed by atoms with van der Waals surface area (Å²) in [4.78, 5) is 14.6. The van der Waals surface area contributed by atoms with Crippen molar-refractivity contribution in [3.63, 3.8) is 0 Å². The predicted octanol–water partition coefficient (Wildman–Crippen LogP) is 4.14. The monoisotopic (exact) mass is 473 g/mol. The molecule has 0 spiro atoms. The summed E-state index contributed by atoms with van der Waals surface area (Å²) >= 11 is 1.27.